The number of amides is 2. The molecule has 7 nitrogen and oxygen atoms in total. The van der Waals surface area contributed by atoms with E-state index in [-0.39, 0.29) is 18.4 Å². The monoisotopic (exact) mass is 345 g/mol. The summed E-state index contributed by atoms with van der Waals surface area (Å²) < 4.78 is 1.89. The van der Waals surface area contributed by atoms with Crippen molar-refractivity contribution in [2.45, 2.75) is 25.7 Å². The van der Waals surface area contributed by atoms with Crippen LogP contribution in [0.1, 0.15) is 23.4 Å². The van der Waals surface area contributed by atoms with Gasteiger partial charge in [0.25, 0.3) is 0 Å². The Bertz CT molecular complexity index is 825. The van der Waals surface area contributed by atoms with Gasteiger partial charge in [-0.2, -0.15) is 5.10 Å². The van der Waals surface area contributed by atoms with Gasteiger partial charge in [0.1, 0.15) is 6.54 Å². The molecule has 0 saturated carbocycles. The summed E-state index contributed by atoms with van der Waals surface area (Å²) in [5.41, 5.74) is 3.20. The van der Waals surface area contributed by atoms with Crippen LogP contribution in [-0.4, -0.2) is 51.6 Å². The summed E-state index contributed by atoms with van der Waals surface area (Å²) in [5, 5.41) is 5.01. The number of hydrogen-bond donors (Lipinski definition) is 0. The first-order valence-corrected chi connectivity index (χ1v) is 8.91. The van der Waals surface area contributed by atoms with Crippen molar-refractivity contribution in [1.82, 2.24) is 19.7 Å². The largest absolute Gasteiger partial charge is 0.333 e. The van der Waals surface area contributed by atoms with Gasteiger partial charge in [-0.05, 0) is 19.3 Å². The van der Waals surface area contributed by atoms with Crippen LogP contribution in [0.3, 0.4) is 0 Å². The molecule has 0 N–H and O–H groups in total. The van der Waals surface area contributed by atoms with Gasteiger partial charge in [0.2, 0.25) is 11.8 Å². The molecule has 1 aliphatic carbocycles. The van der Waals surface area contributed by atoms with Crippen molar-refractivity contribution in [3.63, 3.8) is 0 Å². The van der Waals surface area contributed by atoms with Gasteiger partial charge in [0.15, 0.2) is 5.13 Å². The topological polar surface area (TPSA) is 71.3 Å². The zero-order chi connectivity index (χ0) is 16.8. The molecule has 0 unspecified atom stereocenters. The molecule has 0 spiro atoms. The van der Waals surface area contributed by atoms with E-state index < -0.39 is 0 Å². The Kier molecular flexibility index (Phi) is 3.64. The molecule has 126 valence electrons. The standard InChI is InChI=1S/C16H19N5O2S/c1-19(14(23)9-21-7-3-4-13(21)22)16-18-15-10-8-17-20(2)11(10)5-6-12(15)24-16/h8H,3-7,9H2,1-2H3. The van der Waals surface area contributed by atoms with E-state index in [0.717, 1.165) is 30.5 Å². The molecule has 1 aliphatic heterocycles. The van der Waals surface area contributed by atoms with Crippen LogP contribution >= 0.6 is 11.3 Å². The van der Waals surface area contributed by atoms with E-state index in [9.17, 15) is 9.59 Å². The summed E-state index contributed by atoms with van der Waals surface area (Å²) in [4.78, 5) is 33.3. The Morgan fingerprint density at radius 3 is 2.96 bits per heavy atom. The van der Waals surface area contributed by atoms with Crippen LogP contribution in [0.15, 0.2) is 6.20 Å². The van der Waals surface area contributed by atoms with Gasteiger partial charge in [0.05, 0.1) is 11.9 Å². The highest BCUT2D eigenvalue weighted by atomic mass is 32.1. The Morgan fingerprint density at radius 1 is 1.38 bits per heavy atom. The van der Waals surface area contributed by atoms with Crippen molar-refractivity contribution in [3.05, 3.63) is 16.8 Å². The van der Waals surface area contributed by atoms with Gasteiger partial charge < -0.3 is 4.90 Å². The van der Waals surface area contributed by atoms with Crippen molar-refractivity contribution in [1.29, 1.82) is 0 Å². The minimum atomic E-state index is -0.0947. The highest BCUT2D eigenvalue weighted by Crippen LogP contribution is 2.38. The van der Waals surface area contributed by atoms with Gasteiger partial charge in [-0.15, -0.1) is 11.3 Å². The molecule has 3 heterocycles. The summed E-state index contributed by atoms with van der Waals surface area (Å²) >= 11 is 1.56. The number of likely N-dealkylation sites (tertiary alicyclic amines) is 1. The van der Waals surface area contributed by atoms with Crippen molar-refractivity contribution in [2.24, 2.45) is 7.05 Å². The molecule has 24 heavy (non-hydrogen) atoms. The lowest BCUT2D eigenvalue weighted by atomic mass is 10.0. The maximum Gasteiger partial charge on any atom is 0.248 e. The summed E-state index contributed by atoms with van der Waals surface area (Å²) in [5.74, 6) is -0.0297. The fourth-order valence-corrected chi connectivity index (χ4v) is 4.35. The first kappa shape index (κ1) is 15.3. The first-order chi connectivity index (χ1) is 11.5. The Hall–Kier alpha value is -2.22. The van der Waals surface area contributed by atoms with Crippen molar-refractivity contribution in [3.8, 4) is 11.3 Å². The van der Waals surface area contributed by atoms with Crippen LogP contribution in [0.2, 0.25) is 0 Å². The molecule has 0 atom stereocenters. The molecule has 2 aliphatic rings. The zero-order valence-electron chi connectivity index (χ0n) is 13.8. The van der Waals surface area contributed by atoms with Gasteiger partial charge in [-0.25, -0.2) is 4.98 Å². The van der Waals surface area contributed by atoms with E-state index in [1.165, 1.54) is 10.6 Å². The minimum Gasteiger partial charge on any atom is -0.333 e. The fraction of sp³-hybridized carbons (Fsp3) is 0.500. The molecular weight excluding hydrogens is 326 g/mol. The third-order valence-electron chi connectivity index (χ3n) is 4.75. The number of hydrogen-bond acceptors (Lipinski definition) is 5. The van der Waals surface area contributed by atoms with E-state index in [1.54, 1.807) is 28.2 Å². The van der Waals surface area contributed by atoms with E-state index in [1.807, 2.05) is 17.9 Å². The predicted molar refractivity (Wildman–Crippen MR) is 90.9 cm³/mol. The highest BCUT2D eigenvalue weighted by molar-refractivity contribution is 7.16. The lowest BCUT2D eigenvalue weighted by Crippen LogP contribution is -2.38. The SMILES string of the molecule is CN(C(=O)CN1CCCC1=O)c1nc2c(s1)CCc1c-2cnn1C. The summed E-state index contributed by atoms with van der Waals surface area (Å²) in [6.07, 6.45) is 5.10. The Balaban J connectivity index is 1.56. The highest BCUT2D eigenvalue weighted by Gasteiger charge is 2.28. The molecule has 8 heteroatoms. The number of carbonyl (C=O) groups is 2. The number of aromatic nitrogens is 3. The predicted octanol–water partition coefficient (Wildman–Crippen LogP) is 1.23. The molecular formula is C16H19N5O2S. The van der Waals surface area contributed by atoms with E-state index in [2.05, 4.69) is 10.1 Å². The van der Waals surface area contributed by atoms with Crippen LogP contribution in [0.4, 0.5) is 5.13 Å². The molecule has 1 saturated heterocycles. The average Bonchev–Trinajstić information content (AvgIpc) is 3.26. The van der Waals surface area contributed by atoms with E-state index in [0.29, 0.717) is 18.1 Å². The second-order valence-corrected chi connectivity index (χ2v) is 7.33. The lowest BCUT2D eigenvalue weighted by Gasteiger charge is -2.19. The van der Waals surface area contributed by atoms with Gasteiger partial charge in [0, 0.05) is 43.2 Å². The van der Waals surface area contributed by atoms with Crippen LogP contribution in [0.25, 0.3) is 11.3 Å². The number of anilines is 1. The third-order valence-corrected chi connectivity index (χ3v) is 5.94. The smallest absolute Gasteiger partial charge is 0.248 e. The number of carbonyl (C=O) groups excluding carboxylic acids is 2. The van der Waals surface area contributed by atoms with Gasteiger partial charge >= 0.3 is 0 Å². The molecule has 1 fully saturated rings. The normalized spacial score (nSPS) is 16.2. The molecule has 4 rings (SSSR count). The van der Waals surface area contributed by atoms with E-state index >= 15 is 0 Å². The maximum atomic E-state index is 12.5. The number of likely N-dealkylation sites (N-methyl/N-ethyl adjacent to an activating group) is 1. The molecule has 2 aromatic heterocycles. The summed E-state index contributed by atoms with van der Waals surface area (Å²) in [7, 11) is 3.68. The zero-order valence-corrected chi connectivity index (χ0v) is 14.6. The maximum absolute atomic E-state index is 12.5. The Labute approximate surface area is 143 Å². The third kappa shape index (κ3) is 2.41. The van der Waals surface area contributed by atoms with Crippen LogP contribution in [0, 0.1) is 0 Å². The number of rotatable bonds is 3. The summed E-state index contributed by atoms with van der Waals surface area (Å²) in [6, 6.07) is 0. The second kappa shape index (κ2) is 5.70. The number of aryl methyl sites for hydroxylation is 2. The molecule has 2 amide bonds. The minimum absolute atomic E-state index is 0.0650. The van der Waals surface area contributed by atoms with Crippen LogP contribution < -0.4 is 4.90 Å². The number of thiazole rings is 1. The summed E-state index contributed by atoms with van der Waals surface area (Å²) in [6.45, 7) is 0.809. The van der Waals surface area contributed by atoms with Crippen LogP contribution in [-0.2, 0) is 29.5 Å². The molecule has 0 aromatic carbocycles. The van der Waals surface area contributed by atoms with Crippen molar-refractivity contribution in [2.75, 3.05) is 25.0 Å². The average molecular weight is 345 g/mol. The van der Waals surface area contributed by atoms with Crippen molar-refractivity contribution < 1.29 is 9.59 Å². The van der Waals surface area contributed by atoms with Gasteiger partial charge in [-0.1, -0.05) is 0 Å². The molecule has 2 aromatic rings. The molecule has 0 bridgehead atoms. The van der Waals surface area contributed by atoms with E-state index in [4.69, 9.17) is 0 Å². The quantitative estimate of drug-likeness (QED) is 0.839. The number of nitrogens with zero attached hydrogens (tertiary/aromatic N) is 5. The second-order valence-electron chi connectivity index (χ2n) is 6.27. The fourth-order valence-electron chi connectivity index (χ4n) is 3.30. The lowest BCUT2D eigenvalue weighted by molar-refractivity contribution is -0.132. The van der Waals surface area contributed by atoms with Gasteiger partial charge in [-0.3, -0.25) is 19.2 Å². The van der Waals surface area contributed by atoms with Crippen molar-refractivity contribution >= 4 is 28.3 Å². The molecule has 0 radical (unpaired) electrons. The van der Waals surface area contributed by atoms with Crippen LogP contribution in [0.5, 0.6) is 0 Å². The first-order valence-electron chi connectivity index (χ1n) is 8.10. The Morgan fingerprint density at radius 2 is 2.21 bits per heavy atom. The number of fused-ring (bicyclic) bond motifs is 3.